The molecule has 0 bridgehead atoms. The van der Waals surface area contributed by atoms with Gasteiger partial charge in [-0.1, -0.05) is 6.07 Å². The molecule has 5 nitrogen and oxygen atoms in total. The van der Waals surface area contributed by atoms with Gasteiger partial charge in [0.1, 0.15) is 0 Å². The van der Waals surface area contributed by atoms with E-state index < -0.39 is 6.10 Å². The highest BCUT2D eigenvalue weighted by Crippen LogP contribution is 2.13. The lowest BCUT2D eigenvalue weighted by molar-refractivity contribution is 0.0610. The number of methoxy groups -OCH3 is 1. The molecule has 0 aromatic heterocycles. The van der Waals surface area contributed by atoms with Gasteiger partial charge in [-0.05, 0) is 18.2 Å². The number of carbonyl (C=O) groups excluding carboxylic acids is 1. The first-order valence-corrected chi connectivity index (χ1v) is 5.77. The SMILES string of the molecule is COCC(O)CNC(=O)c1cccc(N(C)C)c1. The van der Waals surface area contributed by atoms with Crippen LogP contribution in [0.25, 0.3) is 0 Å². The molecule has 0 saturated carbocycles. The normalized spacial score (nSPS) is 12.0. The maximum atomic E-state index is 11.8. The first-order valence-electron chi connectivity index (χ1n) is 5.77. The molecule has 0 saturated heterocycles. The van der Waals surface area contributed by atoms with Crippen molar-refractivity contribution in [3.63, 3.8) is 0 Å². The Morgan fingerprint density at radius 1 is 1.50 bits per heavy atom. The van der Waals surface area contributed by atoms with Crippen molar-refractivity contribution in [2.45, 2.75) is 6.10 Å². The minimum atomic E-state index is -0.684. The number of hydrogen-bond acceptors (Lipinski definition) is 4. The van der Waals surface area contributed by atoms with Crippen LogP contribution in [0.4, 0.5) is 5.69 Å². The summed E-state index contributed by atoms with van der Waals surface area (Å²) in [4.78, 5) is 13.8. The quantitative estimate of drug-likeness (QED) is 0.773. The Kier molecular flexibility index (Phi) is 5.61. The lowest BCUT2D eigenvalue weighted by Crippen LogP contribution is -2.34. The zero-order valence-electron chi connectivity index (χ0n) is 11.0. The summed E-state index contributed by atoms with van der Waals surface area (Å²) >= 11 is 0. The van der Waals surface area contributed by atoms with E-state index in [9.17, 15) is 9.90 Å². The topological polar surface area (TPSA) is 61.8 Å². The van der Waals surface area contributed by atoms with Gasteiger partial charge in [-0.2, -0.15) is 0 Å². The van der Waals surface area contributed by atoms with Crippen LogP contribution in [0.5, 0.6) is 0 Å². The van der Waals surface area contributed by atoms with Crippen molar-refractivity contribution in [3.05, 3.63) is 29.8 Å². The number of anilines is 1. The molecule has 1 aromatic rings. The van der Waals surface area contributed by atoms with Crippen LogP contribution in [-0.2, 0) is 4.74 Å². The molecule has 1 unspecified atom stereocenters. The van der Waals surface area contributed by atoms with Crippen LogP contribution in [0, 0.1) is 0 Å². The van der Waals surface area contributed by atoms with Crippen molar-refractivity contribution >= 4 is 11.6 Å². The Bertz CT molecular complexity index is 394. The Morgan fingerprint density at radius 3 is 2.83 bits per heavy atom. The molecular weight excluding hydrogens is 232 g/mol. The average Bonchev–Trinajstić information content (AvgIpc) is 2.36. The Balaban J connectivity index is 2.58. The molecule has 2 N–H and O–H groups in total. The highest BCUT2D eigenvalue weighted by molar-refractivity contribution is 5.95. The van der Waals surface area contributed by atoms with Gasteiger partial charge in [0.15, 0.2) is 0 Å². The second-order valence-electron chi connectivity index (χ2n) is 4.26. The summed E-state index contributed by atoms with van der Waals surface area (Å²) in [5.41, 5.74) is 1.53. The standard InChI is InChI=1S/C13H20N2O3/c1-15(2)11-6-4-5-10(7-11)13(17)14-8-12(16)9-18-3/h4-7,12,16H,8-9H2,1-3H3,(H,14,17). The minimum Gasteiger partial charge on any atom is -0.389 e. The van der Waals surface area contributed by atoms with E-state index in [-0.39, 0.29) is 19.1 Å². The van der Waals surface area contributed by atoms with Crippen LogP contribution in [0.1, 0.15) is 10.4 Å². The summed E-state index contributed by atoms with van der Waals surface area (Å²) in [6.45, 7) is 0.386. The molecular formula is C13H20N2O3. The second kappa shape index (κ2) is 6.98. The Morgan fingerprint density at radius 2 is 2.22 bits per heavy atom. The van der Waals surface area contributed by atoms with E-state index in [4.69, 9.17) is 4.74 Å². The van der Waals surface area contributed by atoms with Crippen molar-refractivity contribution < 1.29 is 14.6 Å². The second-order valence-corrected chi connectivity index (χ2v) is 4.26. The van der Waals surface area contributed by atoms with Gasteiger partial charge in [0.25, 0.3) is 5.91 Å². The number of hydrogen-bond donors (Lipinski definition) is 2. The monoisotopic (exact) mass is 252 g/mol. The molecule has 0 aliphatic rings. The van der Waals surface area contributed by atoms with Gasteiger partial charge in [-0.25, -0.2) is 0 Å². The maximum absolute atomic E-state index is 11.8. The molecule has 100 valence electrons. The van der Waals surface area contributed by atoms with Gasteiger partial charge < -0.3 is 20.1 Å². The summed E-state index contributed by atoms with van der Waals surface area (Å²) < 4.78 is 4.78. The highest BCUT2D eigenvalue weighted by atomic mass is 16.5. The predicted octanol–water partition coefficient (Wildman–Crippen LogP) is 0.490. The molecule has 0 spiro atoms. The molecule has 0 fully saturated rings. The van der Waals surface area contributed by atoms with Crippen LogP contribution in [0.3, 0.4) is 0 Å². The van der Waals surface area contributed by atoms with Gasteiger partial charge in [0, 0.05) is 39.0 Å². The number of aliphatic hydroxyl groups excluding tert-OH is 1. The van der Waals surface area contributed by atoms with Crippen LogP contribution in [0.15, 0.2) is 24.3 Å². The zero-order chi connectivity index (χ0) is 13.5. The highest BCUT2D eigenvalue weighted by Gasteiger charge is 2.09. The number of benzene rings is 1. The van der Waals surface area contributed by atoms with Gasteiger partial charge in [0.2, 0.25) is 0 Å². The van der Waals surface area contributed by atoms with Crippen molar-refractivity contribution in [2.24, 2.45) is 0 Å². The zero-order valence-corrected chi connectivity index (χ0v) is 11.0. The first-order chi connectivity index (χ1) is 8.54. The summed E-state index contributed by atoms with van der Waals surface area (Å²) in [7, 11) is 5.34. The lowest BCUT2D eigenvalue weighted by Gasteiger charge is -2.14. The van der Waals surface area contributed by atoms with Gasteiger partial charge in [-0.3, -0.25) is 4.79 Å². The molecule has 1 atom stereocenters. The van der Waals surface area contributed by atoms with Crippen molar-refractivity contribution in [2.75, 3.05) is 39.3 Å². The largest absolute Gasteiger partial charge is 0.389 e. The number of carbonyl (C=O) groups is 1. The van der Waals surface area contributed by atoms with E-state index >= 15 is 0 Å². The van der Waals surface area contributed by atoms with Crippen molar-refractivity contribution in [1.82, 2.24) is 5.32 Å². The smallest absolute Gasteiger partial charge is 0.251 e. The third kappa shape index (κ3) is 4.35. The number of aliphatic hydroxyl groups is 1. The van der Waals surface area contributed by atoms with Crippen molar-refractivity contribution in [3.8, 4) is 0 Å². The predicted molar refractivity (Wildman–Crippen MR) is 71.0 cm³/mol. The van der Waals surface area contributed by atoms with E-state index in [2.05, 4.69) is 5.32 Å². The number of ether oxygens (including phenoxy) is 1. The molecule has 5 heteroatoms. The fourth-order valence-electron chi connectivity index (χ4n) is 1.49. The van der Waals surface area contributed by atoms with E-state index in [1.807, 2.05) is 31.1 Å². The van der Waals surface area contributed by atoms with Crippen molar-refractivity contribution in [1.29, 1.82) is 0 Å². The number of amides is 1. The Labute approximate surface area is 107 Å². The fraction of sp³-hybridized carbons (Fsp3) is 0.462. The molecule has 0 aliphatic carbocycles. The van der Waals surface area contributed by atoms with Crippen LogP contribution in [0.2, 0.25) is 0 Å². The van der Waals surface area contributed by atoms with E-state index in [1.54, 1.807) is 12.1 Å². The fourth-order valence-corrected chi connectivity index (χ4v) is 1.49. The summed E-state index contributed by atoms with van der Waals surface area (Å²) in [6, 6.07) is 7.30. The van der Waals surface area contributed by atoms with Crippen LogP contribution in [-0.4, -0.2) is 51.5 Å². The minimum absolute atomic E-state index is 0.179. The molecule has 0 radical (unpaired) electrons. The maximum Gasteiger partial charge on any atom is 0.251 e. The van der Waals surface area contributed by atoms with Gasteiger partial charge in [0.05, 0.1) is 12.7 Å². The number of nitrogens with one attached hydrogen (secondary N) is 1. The third-order valence-corrected chi connectivity index (χ3v) is 2.48. The van der Waals surface area contributed by atoms with E-state index in [0.29, 0.717) is 5.56 Å². The molecule has 18 heavy (non-hydrogen) atoms. The molecule has 0 aliphatic heterocycles. The van der Waals surface area contributed by atoms with Crippen LogP contribution >= 0.6 is 0 Å². The molecule has 1 rings (SSSR count). The number of rotatable bonds is 6. The Hall–Kier alpha value is -1.59. The lowest BCUT2D eigenvalue weighted by atomic mass is 10.2. The van der Waals surface area contributed by atoms with E-state index in [0.717, 1.165) is 5.69 Å². The molecule has 1 aromatic carbocycles. The summed E-state index contributed by atoms with van der Waals surface area (Å²) in [5, 5.41) is 12.1. The molecule has 0 heterocycles. The average molecular weight is 252 g/mol. The summed E-state index contributed by atoms with van der Waals surface area (Å²) in [6.07, 6.45) is -0.684. The van der Waals surface area contributed by atoms with Gasteiger partial charge >= 0.3 is 0 Å². The van der Waals surface area contributed by atoms with Gasteiger partial charge in [-0.15, -0.1) is 0 Å². The van der Waals surface area contributed by atoms with Crippen LogP contribution < -0.4 is 10.2 Å². The molecule has 1 amide bonds. The summed E-state index contributed by atoms with van der Waals surface area (Å²) in [5.74, 6) is -0.200. The number of nitrogens with zero attached hydrogens (tertiary/aromatic N) is 1. The first kappa shape index (κ1) is 14.5. The van der Waals surface area contributed by atoms with E-state index in [1.165, 1.54) is 7.11 Å². The third-order valence-electron chi connectivity index (χ3n) is 2.48.